The van der Waals surface area contributed by atoms with Gasteiger partial charge in [0.15, 0.2) is 6.29 Å². The van der Waals surface area contributed by atoms with E-state index in [-0.39, 0.29) is 5.56 Å². The second kappa shape index (κ2) is 5.49. The Labute approximate surface area is 89.7 Å². The molecule has 15 heavy (non-hydrogen) atoms. The Kier molecular flexibility index (Phi) is 4.28. The number of benzene rings is 1. The molecule has 0 unspecified atom stereocenters. The third kappa shape index (κ3) is 2.78. The number of carbonyl (C=O) groups excluding carboxylic acids is 1. The van der Waals surface area contributed by atoms with Crippen LogP contribution in [0, 0.1) is 5.82 Å². The molecule has 2 nitrogen and oxygen atoms in total. The van der Waals surface area contributed by atoms with Gasteiger partial charge in [0.25, 0.3) is 0 Å². The molecule has 0 aliphatic heterocycles. The molecular weight excluding hydrogens is 193 g/mol. The highest BCUT2D eigenvalue weighted by Crippen LogP contribution is 2.20. The first-order valence-electron chi connectivity index (χ1n) is 5.15. The average molecular weight is 209 g/mol. The van der Waals surface area contributed by atoms with Gasteiger partial charge >= 0.3 is 0 Å². The number of aldehydes is 1. The smallest absolute Gasteiger partial charge is 0.155 e. The van der Waals surface area contributed by atoms with E-state index in [0.29, 0.717) is 12.0 Å². The maximum atomic E-state index is 13.3. The van der Waals surface area contributed by atoms with Gasteiger partial charge < -0.3 is 4.90 Å². The number of hydrogen-bond donors (Lipinski definition) is 0. The normalized spacial score (nSPS) is 10.1. The first-order chi connectivity index (χ1) is 7.20. The molecule has 0 radical (unpaired) electrons. The summed E-state index contributed by atoms with van der Waals surface area (Å²) in [7, 11) is 1.87. The highest BCUT2D eigenvalue weighted by atomic mass is 19.1. The van der Waals surface area contributed by atoms with Crippen LogP contribution < -0.4 is 4.90 Å². The number of anilines is 1. The summed E-state index contributed by atoms with van der Waals surface area (Å²) in [5, 5.41) is 0. The summed E-state index contributed by atoms with van der Waals surface area (Å²) in [4.78, 5) is 12.7. The van der Waals surface area contributed by atoms with Crippen LogP contribution in [0.25, 0.3) is 0 Å². The van der Waals surface area contributed by atoms with E-state index in [9.17, 15) is 9.18 Å². The number of halogens is 1. The van der Waals surface area contributed by atoms with Crippen LogP contribution in [0.15, 0.2) is 18.2 Å². The van der Waals surface area contributed by atoms with Crippen molar-refractivity contribution >= 4 is 12.0 Å². The molecule has 0 heterocycles. The van der Waals surface area contributed by atoms with E-state index in [2.05, 4.69) is 6.92 Å². The first-order valence-corrected chi connectivity index (χ1v) is 5.15. The van der Waals surface area contributed by atoms with Gasteiger partial charge in [-0.15, -0.1) is 0 Å². The van der Waals surface area contributed by atoms with Gasteiger partial charge in [-0.2, -0.15) is 0 Å². The zero-order valence-electron chi connectivity index (χ0n) is 9.16. The monoisotopic (exact) mass is 209 g/mol. The van der Waals surface area contributed by atoms with E-state index in [0.717, 1.165) is 19.4 Å². The maximum absolute atomic E-state index is 13.3. The molecule has 0 bridgehead atoms. The molecule has 0 aliphatic carbocycles. The van der Waals surface area contributed by atoms with Crippen molar-refractivity contribution in [3.05, 3.63) is 29.6 Å². The van der Waals surface area contributed by atoms with Crippen molar-refractivity contribution in [3.63, 3.8) is 0 Å². The molecule has 0 N–H and O–H groups in total. The van der Waals surface area contributed by atoms with Crippen molar-refractivity contribution < 1.29 is 9.18 Å². The van der Waals surface area contributed by atoms with E-state index in [1.54, 1.807) is 12.1 Å². The molecule has 1 aromatic rings. The van der Waals surface area contributed by atoms with Crippen LogP contribution in [0.1, 0.15) is 30.1 Å². The lowest BCUT2D eigenvalue weighted by Crippen LogP contribution is -2.20. The van der Waals surface area contributed by atoms with Crippen LogP contribution in [0.5, 0.6) is 0 Å². The summed E-state index contributed by atoms with van der Waals surface area (Å²) in [6.07, 6.45) is 2.69. The fourth-order valence-corrected chi connectivity index (χ4v) is 1.49. The Morgan fingerprint density at radius 1 is 1.47 bits per heavy atom. The molecule has 0 spiro atoms. The highest BCUT2D eigenvalue weighted by Gasteiger charge is 2.10. The SMILES string of the molecule is CCCCN(C)c1cccc(F)c1C=O. The third-order valence-corrected chi connectivity index (χ3v) is 2.41. The number of rotatable bonds is 5. The van der Waals surface area contributed by atoms with Crippen LogP contribution in [0.3, 0.4) is 0 Å². The van der Waals surface area contributed by atoms with Crippen molar-refractivity contribution in [2.75, 3.05) is 18.5 Å². The quantitative estimate of drug-likeness (QED) is 0.695. The molecule has 3 heteroatoms. The molecule has 82 valence electrons. The molecule has 0 saturated heterocycles. The third-order valence-electron chi connectivity index (χ3n) is 2.41. The van der Waals surface area contributed by atoms with Gasteiger partial charge in [-0.25, -0.2) is 4.39 Å². The molecule has 0 fully saturated rings. The van der Waals surface area contributed by atoms with Crippen molar-refractivity contribution in [3.8, 4) is 0 Å². The summed E-state index contributed by atoms with van der Waals surface area (Å²) in [5.74, 6) is -0.453. The van der Waals surface area contributed by atoms with Crippen molar-refractivity contribution in [2.45, 2.75) is 19.8 Å². The van der Waals surface area contributed by atoms with E-state index >= 15 is 0 Å². The standard InChI is InChI=1S/C12H16FNO/c1-3-4-8-14(2)12-7-5-6-11(13)10(12)9-15/h5-7,9H,3-4,8H2,1-2H3. The van der Waals surface area contributed by atoms with Gasteiger partial charge in [-0.3, -0.25) is 4.79 Å². The first kappa shape index (κ1) is 11.7. The van der Waals surface area contributed by atoms with Crippen molar-refractivity contribution in [2.24, 2.45) is 0 Å². The fraction of sp³-hybridized carbons (Fsp3) is 0.417. The highest BCUT2D eigenvalue weighted by molar-refractivity contribution is 5.84. The predicted octanol–water partition coefficient (Wildman–Crippen LogP) is 2.87. The summed E-state index contributed by atoms with van der Waals surface area (Å²) < 4.78 is 13.3. The molecule has 1 rings (SSSR count). The lowest BCUT2D eigenvalue weighted by atomic mass is 10.1. The van der Waals surface area contributed by atoms with Crippen molar-refractivity contribution in [1.29, 1.82) is 0 Å². The van der Waals surface area contributed by atoms with Crippen molar-refractivity contribution in [1.82, 2.24) is 0 Å². The number of nitrogens with zero attached hydrogens (tertiary/aromatic N) is 1. The minimum absolute atomic E-state index is 0.149. The Bertz CT molecular complexity index is 338. The summed E-state index contributed by atoms with van der Waals surface area (Å²) in [5.41, 5.74) is 0.814. The molecular formula is C12H16FNO. The van der Waals surface area contributed by atoms with Gasteiger partial charge in [0.1, 0.15) is 5.82 Å². The maximum Gasteiger partial charge on any atom is 0.155 e. The lowest BCUT2D eigenvalue weighted by molar-refractivity contribution is 0.112. The van der Waals surface area contributed by atoms with Gasteiger partial charge in [0.2, 0.25) is 0 Å². The van der Waals surface area contributed by atoms with Crippen LogP contribution >= 0.6 is 0 Å². The van der Waals surface area contributed by atoms with Crippen LogP contribution in [-0.4, -0.2) is 19.9 Å². The minimum Gasteiger partial charge on any atom is -0.374 e. The lowest BCUT2D eigenvalue weighted by Gasteiger charge is -2.20. The Morgan fingerprint density at radius 3 is 2.80 bits per heavy atom. The average Bonchev–Trinajstić information content (AvgIpc) is 2.25. The molecule has 0 amide bonds. The largest absolute Gasteiger partial charge is 0.374 e. The molecule has 0 aromatic heterocycles. The Balaban J connectivity index is 2.92. The number of hydrogen-bond acceptors (Lipinski definition) is 2. The van der Waals surface area contributed by atoms with Gasteiger partial charge in [-0.1, -0.05) is 19.4 Å². The number of unbranched alkanes of at least 4 members (excludes halogenated alkanes) is 1. The van der Waals surface area contributed by atoms with E-state index in [1.165, 1.54) is 6.07 Å². The zero-order chi connectivity index (χ0) is 11.3. The Morgan fingerprint density at radius 2 is 2.20 bits per heavy atom. The minimum atomic E-state index is -0.453. The van der Waals surface area contributed by atoms with Gasteiger partial charge in [-0.05, 0) is 18.6 Å². The fourth-order valence-electron chi connectivity index (χ4n) is 1.49. The molecule has 1 aromatic carbocycles. The summed E-state index contributed by atoms with van der Waals surface area (Å²) in [6.45, 7) is 2.93. The van der Waals surface area contributed by atoms with E-state index < -0.39 is 5.82 Å². The second-order valence-corrected chi connectivity index (χ2v) is 3.57. The van der Waals surface area contributed by atoms with E-state index in [1.807, 2.05) is 11.9 Å². The van der Waals surface area contributed by atoms with Gasteiger partial charge in [0, 0.05) is 19.3 Å². The van der Waals surface area contributed by atoms with E-state index in [4.69, 9.17) is 0 Å². The topological polar surface area (TPSA) is 20.3 Å². The number of carbonyl (C=O) groups is 1. The summed E-state index contributed by atoms with van der Waals surface area (Å²) >= 11 is 0. The molecule has 0 atom stereocenters. The second-order valence-electron chi connectivity index (χ2n) is 3.57. The summed E-state index contributed by atoms with van der Waals surface area (Å²) in [6, 6.07) is 4.70. The zero-order valence-corrected chi connectivity index (χ0v) is 9.16. The molecule has 0 saturated carbocycles. The van der Waals surface area contributed by atoms with Crippen LogP contribution in [0.2, 0.25) is 0 Å². The predicted molar refractivity (Wildman–Crippen MR) is 60.0 cm³/mol. The van der Waals surface area contributed by atoms with Crippen LogP contribution in [0.4, 0.5) is 10.1 Å². The molecule has 0 aliphatic rings. The van der Waals surface area contributed by atoms with Gasteiger partial charge in [0.05, 0.1) is 5.56 Å². The van der Waals surface area contributed by atoms with Crippen LogP contribution in [-0.2, 0) is 0 Å². The Hall–Kier alpha value is -1.38.